The van der Waals surface area contributed by atoms with Crippen molar-refractivity contribution < 1.29 is 0 Å². The van der Waals surface area contributed by atoms with Crippen LogP contribution < -0.4 is 16.4 Å². The molecule has 7 nitrogen and oxygen atoms in total. The summed E-state index contributed by atoms with van der Waals surface area (Å²) in [5.41, 5.74) is 7.64. The number of anilines is 3. The molecular formula is C17H20ClN7. The van der Waals surface area contributed by atoms with Crippen LogP contribution in [0.1, 0.15) is 12.0 Å². The molecule has 8 heteroatoms. The second-order valence-corrected chi connectivity index (χ2v) is 5.92. The van der Waals surface area contributed by atoms with Gasteiger partial charge in [0, 0.05) is 37.1 Å². The number of nitrogens with two attached hydrogens (primary N) is 1. The van der Waals surface area contributed by atoms with Gasteiger partial charge in [0.05, 0.1) is 6.33 Å². The Hall–Kier alpha value is -2.80. The number of nitrogens with one attached hydrogen (secondary N) is 2. The number of aromatic nitrogens is 4. The molecule has 3 rings (SSSR count). The number of nitrogens with zero attached hydrogens (tertiary/aromatic N) is 4. The fraction of sp³-hybridized carbons (Fsp3) is 0.235. The Balaban J connectivity index is 1.55. The summed E-state index contributed by atoms with van der Waals surface area (Å²) in [5, 5.41) is 7.17. The van der Waals surface area contributed by atoms with Crippen LogP contribution in [0.5, 0.6) is 0 Å². The van der Waals surface area contributed by atoms with E-state index in [2.05, 4.69) is 25.6 Å². The molecule has 0 aliphatic carbocycles. The average Bonchev–Trinajstić information content (AvgIpc) is 3.13. The van der Waals surface area contributed by atoms with Crippen molar-refractivity contribution in [2.24, 2.45) is 0 Å². The summed E-state index contributed by atoms with van der Waals surface area (Å²) in [4.78, 5) is 12.4. The van der Waals surface area contributed by atoms with E-state index in [-0.39, 0.29) is 0 Å². The second-order valence-electron chi connectivity index (χ2n) is 5.51. The van der Waals surface area contributed by atoms with Crippen molar-refractivity contribution in [2.75, 3.05) is 22.9 Å². The topological polar surface area (TPSA) is 93.7 Å². The first-order valence-electron chi connectivity index (χ1n) is 8.01. The average molecular weight is 358 g/mol. The summed E-state index contributed by atoms with van der Waals surface area (Å²) < 4.78 is 2.03. The highest BCUT2D eigenvalue weighted by atomic mass is 35.5. The molecule has 0 fully saturated rings. The monoisotopic (exact) mass is 357 g/mol. The Labute approximate surface area is 151 Å². The molecule has 2 heterocycles. The smallest absolute Gasteiger partial charge is 0.155 e. The van der Waals surface area contributed by atoms with E-state index in [9.17, 15) is 0 Å². The number of imidazole rings is 1. The second kappa shape index (κ2) is 8.34. The van der Waals surface area contributed by atoms with Gasteiger partial charge in [0.2, 0.25) is 0 Å². The van der Waals surface area contributed by atoms with Gasteiger partial charge >= 0.3 is 0 Å². The van der Waals surface area contributed by atoms with Crippen LogP contribution in [0, 0.1) is 0 Å². The van der Waals surface area contributed by atoms with E-state index in [1.54, 1.807) is 12.5 Å². The lowest BCUT2D eigenvalue weighted by molar-refractivity contribution is 0.660. The fourth-order valence-corrected chi connectivity index (χ4v) is 2.59. The number of rotatable bonds is 8. The molecule has 3 aromatic rings. The molecule has 4 N–H and O–H groups in total. The third kappa shape index (κ3) is 4.60. The summed E-state index contributed by atoms with van der Waals surface area (Å²) in [6, 6.07) is 7.66. The van der Waals surface area contributed by atoms with Crippen LogP contribution in [0.15, 0.2) is 49.3 Å². The maximum absolute atomic E-state index is 6.17. The molecule has 0 atom stereocenters. The molecule has 0 aliphatic heterocycles. The van der Waals surface area contributed by atoms with Gasteiger partial charge in [0.15, 0.2) is 11.6 Å². The molecule has 0 radical (unpaired) electrons. The van der Waals surface area contributed by atoms with E-state index < -0.39 is 0 Å². The van der Waals surface area contributed by atoms with Gasteiger partial charge in [-0.25, -0.2) is 15.0 Å². The molecule has 0 bridgehead atoms. The third-order valence-electron chi connectivity index (χ3n) is 3.73. The zero-order valence-corrected chi connectivity index (χ0v) is 14.4. The molecular weight excluding hydrogens is 338 g/mol. The van der Waals surface area contributed by atoms with E-state index in [4.69, 9.17) is 17.3 Å². The molecule has 0 spiro atoms. The molecule has 0 aliphatic rings. The van der Waals surface area contributed by atoms with Crippen molar-refractivity contribution in [3.05, 3.63) is 59.9 Å². The number of aryl methyl sites for hydroxylation is 1. The van der Waals surface area contributed by atoms with E-state index in [0.29, 0.717) is 28.9 Å². The predicted molar refractivity (Wildman–Crippen MR) is 101 cm³/mol. The van der Waals surface area contributed by atoms with E-state index >= 15 is 0 Å². The third-order valence-corrected chi connectivity index (χ3v) is 4.10. The van der Waals surface area contributed by atoms with Crippen LogP contribution in [0.4, 0.5) is 17.3 Å². The molecule has 0 amide bonds. The quantitative estimate of drug-likeness (QED) is 0.536. The van der Waals surface area contributed by atoms with Crippen molar-refractivity contribution in [2.45, 2.75) is 19.5 Å². The standard InChI is InChI=1S/C17H20ClN7/c18-14-5-2-1-4-13(14)10-22-17-15(19)16(23-11-24-17)21-6-3-8-25-9-7-20-12-25/h1-2,4-5,7,9,11-12H,3,6,8,10,19H2,(H2,21,22,23,24). The molecule has 0 saturated heterocycles. The SMILES string of the molecule is Nc1c(NCCCn2ccnc2)ncnc1NCc1ccccc1Cl. The number of hydrogen-bond donors (Lipinski definition) is 3. The highest BCUT2D eigenvalue weighted by Gasteiger charge is 2.08. The van der Waals surface area contributed by atoms with Crippen LogP contribution in [0.2, 0.25) is 5.02 Å². The van der Waals surface area contributed by atoms with Gasteiger partial charge in [-0.3, -0.25) is 0 Å². The summed E-state index contributed by atoms with van der Waals surface area (Å²) in [6.07, 6.45) is 7.93. The van der Waals surface area contributed by atoms with Crippen LogP contribution in [-0.2, 0) is 13.1 Å². The van der Waals surface area contributed by atoms with Gasteiger partial charge in [0.1, 0.15) is 12.0 Å². The lowest BCUT2D eigenvalue weighted by Gasteiger charge is -2.13. The van der Waals surface area contributed by atoms with Gasteiger partial charge in [-0.1, -0.05) is 29.8 Å². The zero-order chi connectivity index (χ0) is 17.5. The zero-order valence-electron chi connectivity index (χ0n) is 13.7. The van der Waals surface area contributed by atoms with Crippen molar-refractivity contribution in [3.63, 3.8) is 0 Å². The van der Waals surface area contributed by atoms with Crippen molar-refractivity contribution >= 4 is 28.9 Å². The molecule has 0 saturated carbocycles. The van der Waals surface area contributed by atoms with Gasteiger partial charge in [-0.2, -0.15) is 0 Å². The Morgan fingerprint density at radius 1 is 1.12 bits per heavy atom. The summed E-state index contributed by atoms with van der Waals surface area (Å²) in [6.45, 7) is 2.18. The minimum Gasteiger partial charge on any atom is -0.393 e. The van der Waals surface area contributed by atoms with Gasteiger partial charge in [-0.05, 0) is 18.1 Å². The van der Waals surface area contributed by atoms with E-state index in [0.717, 1.165) is 25.1 Å². The van der Waals surface area contributed by atoms with Gasteiger partial charge < -0.3 is 20.9 Å². The molecule has 1 aromatic carbocycles. The largest absolute Gasteiger partial charge is 0.393 e. The number of halogens is 1. The van der Waals surface area contributed by atoms with E-state index in [1.807, 2.05) is 35.0 Å². The molecule has 2 aromatic heterocycles. The minimum absolute atomic E-state index is 0.497. The molecule has 25 heavy (non-hydrogen) atoms. The fourth-order valence-electron chi connectivity index (χ4n) is 2.39. The molecule has 130 valence electrons. The Kier molecular flexibility index (Phi) is 5.69. The predicted octanol–water partition coefficient (Wildman–Crippen LogP) is 3.02. The molecule has 0 unspecified atom stereocenters. The van der Waals surface area contributed by atoms with Crippen LogP contribution in [-0.4, -0.2) is 26.1 Å². The summed E-state index contributed by atoms with van der Waals surface area (Å²) in [5.74, 6) is 1.22. The lowest BCUT2D eigenvalue weighted by Crippen LogP contribution is -2.12. The Bertz CT molecular complexity index is 805. The van der Waals surface area contributed by atoms with Gasteiger partial charge in [0.25, 0.3) is 0 Å². The Morgan fingerprint density at radius 3 is 2.68 bits per heavy atom. The van der Waals surface area contributed by atoms with Crippen LogP contribution >= 0.6 is 11.6 Å². The first kappa shape index (κ1) is 17.0. The van der Waals surface area contributed by atoms with Gasteiger partial charge in [-0.15, -0.1) is 0 Å². The van der Waals surface area contributed by atoms with Crippen molar-refractivity contribution in [3.8, 4) is 0 Å². The lowest BCUT2D eigenvalue weighted by atomic mass is 10.2. The van der Waals surface area contributed by atoms with E-state index in [1.165, 1.54) is 6.33 Å². The summed E-state index contributed by atoms with van der Waals surface area (Å²) in [7, 11) is 0. The number of nitrogen functional groups attached to an aromatic ring is 1. The number of hydrogen-bond acceptors (Lipinski definition) is 6. The first-order chi connectivity index (χ1) is 12.2. The minimum atomic E-state index is 0.497. The van der Waals surface area contributed by atoms with Crippen LogP contribution in [0.25, 0.3) is 0 Å². The number of benzene rings is 1. The highest BCUT2D eigenvalue weighted by Crippen LogP contribution is 2.24. The van der Waals surface area contributed by atoms with Crippen molar-refractivity contribution in [1.29, 1.82) is 0 Å². The van der Waals surface area contributed by atoms with Crippen molar-refractivity contribution in [1.82, 2.24) is 19.5 Å². The summed E-state index contributed by atoms with van der Waals surface area (Å²) >= 11 is 6.17. The van der Waals surface area contributed by atoms with Crippen LogP contribution in [0.3, 0.4) is 0 Å². The maximum atomic E-state index is 6.17. The Morgan fingerprint density at radius 2 is 1.92 bits per heavy atom. The first-order valence-corrected chi connectivity index (χ1v) is 8.39. The highest BCUT2D eigenvalue weighted by molar-refractivity contribution is 6.31. The maximum Gasteiger partial charge on any atom is 0.155 e. The normalized spacial score (nSPS) is 10.6.